The molecule has 0 aliphatic heterocycles. The Bertz CT molecular complexity index is 144. The lowest BCUT2D eigenvalue weighted by molar-refractivity contribution is 0.143. The molecule has 0 unspecified atom stereocenters. The monoisotopic (exact) mass is 171 g/mol. The zero-order chi connectivity index (χ0) is 9.61. The van der Waals surface area contributed by atoms with Crippen molar-refractivity contribution < 1.29 is 4.84 Å². The predicted molar refractivity (Wildman–Crippen MR) is 53.4 cm³/mol. The molecule has 12 heavy (non-hydrogen) atoms. The largest absolute Gasteiger partial charge is 0.396 e. The summed E-state index contributed by atoms with van der Waals surface area (Å²) >= 11 is 0. The highest BCUT2D eigenvalue weighted by atomic mass is 16.6. The predicted octanol–water partition coefficient (Wildman–Crippen LogP) is 3.23. The number of rotatable bonds is 4. The van der Waals surface area contributed by atoms with Crippen molar-refractivity contribution in [2.75, 3.05) is 6.61 Å². The minimum absolute atomic E-state index is 0.309. The molecule has 72 valence electrons. The van der Waals surface area contributed by atoms with Gasteiger partial charge in [0.05, 0.1) is 5.71 Å². The third-order valence-corrected chi connectivity index (χ3v) is 1.30. The summed E-state index contributed by atoms with van der Waals surface area (Å²) in [6, 6.07) is 0. The van der Waals surface area contributed by atoms with Crippen molar-refractivity contribution in [3.05, 3.63) is 0 Å². The van der Waals surface area contributed by atoms with E-state index >= 15 is 0 Å². The first-order chi connectivity index (χ1) is 5.45. The molecular weight excluding hydrogens is 150 g/mol. The normalized spacial score (nSPS) is 13.2. The van der Waals surface area contributed by atoms with E-state index in [0.29, 0.717) is 5.41 Å². The summed E-state index contributed by atoms with van der Waals surface area (Å²) in [5.41, 5.74) is 1.39. The van der Waals surface area contributed by atoms with Crippen molar-refractivity contribution >= 4 is 5.71 Å². The Morgan fingerprint density at radius 1 is 1.33 bits per heavy atom. The maximum absolute atomic E-state index is 5.08. The van der Waals surface area contributed by atoms with E-state index < -0.39 is 0 Å². The number of hydrogen-bond acceptors (Lipinski definition) is 2. The molecule has 0 aliphatic carbocycles. The number of oxime groups is 1. The van der Waals surface area contributed by atoms with Crippen LogP contribution in [-0.2, 0) is 4.84 Å². The molecule has 0 aromatic carbocycles. The van der Waals surface area contributed by atoms with Crippen LogP contribution in [0.3, 0.4) is 0 Å². The van der Waals surface area contributed by atoms with E-state index in [0.717, 1.165) is 25.2 Å². The molecule has 0 spiro atoms. The van der Waals surface area contributed by atoms with Crippen LogP contribution in [0, 0.1) is 5.41 Å². The first-order valence-electron chi connectivity index (χ1n) is 4.61. The van der Waals surface area contributed by atoms with Crippen LogP contribution in [0.5, 0.6) is 0 Å². The van der Waals surface area contributed by atoms with Gasteiger partial charge in [0.15, 0.2) is 0 Å². The summed E-state index contributed by atoms with van der Waals surface area (Å²) in [5, 5.41) is 4.02. The van der Waals surface area contributed by atoms with Crippen molar-refractivity contribution in [3.63, 3.8) is 0 Å². The van der Waals surface area contributed by atoms with E-state index in [2.05, 4.69) is 32.9 Å². The van der Waals surface area contributed by atoms with Crippen molar-refractivity contribution in [1.29, 1.82) is 0 Å². The van der Waals surface area contributed by atoms with Gasteiger partial charge >= 0.3 is 0 Å². The first-order valence-corrected chi connectivity index (χ1v) is 4.61. The Balaban J connectivity index is 3.70. The van der Waals surface area contributed by atoms with Crippen LogP contribution in [0.1, 0.15) is 47.5 Å². The quantitative estimate of drug-likeness (QED) is 0.361. The number of nitrogens with zero attached hydrogens (tertiary/aromatic N) is 1. The van der Waals surface area contributed by atoms with E-state index in [1.165, 1.54) is 0 Å². The molecule has 2 heteroatoms. The van der Waals surface area contributed by atoms with Crippen LogP contribution in [-0.4, -0.2) is 12.3 Å². The molecule has 2 nitrogen and oxygen atoms in total. The van der Waals surface area contributed by atoms with E-state index in [1.807, 2.05) is 6.92 Å². The van der Waals surface area contributed by atoms with Crippen LogP contribution < -0.4 is 0 Å². The van der Waals surface area contributed by atoms with Gasteiger partial charge < -0.3 is 4.84 Å². The van der Waals surface area contributed by atoms with Crippen LogP contribution in [0.15, 0.2) is 5.16 Å². The summed E-state index contributed by atoms with van der Waals surface area (Å²) in [6.07, 6.45) is 2.02. The van der Waals surface area contributed by atoms with E-state index in [1.54, 1.807) is 0 Å². The summed E-state index contributed by atoms with van der Waals surface area (Å²) in [5.74, 6) is 0. The van der Waals surface area contributed by atoms with Gasteiger partial charge in [-0.15, -0.1) is 0 Å². The molecule has 0 saturated heterocycles. The number of hydrogen-bond donors (Lipinski definition) is 0. The van der Waals surface area contributed by atoms with E-state index in [4.69, 9.17) is 4.84 Å². The second-order valence-electron chi connectivity index (χ2n) is 4.40. The average Bonchev–Trinajstić information content (AvgIpc) is 1.84. The molecule has 0 aliphatic rings. The van der Waals surface area contributed by atoms with Gasteiger partial charge in [0, 0.05) is 0 Å². The van der Waals surface area contributed by atoms with Crippen LogP contribution in [0.2, 0.25) is 0 Å². The smallest absolute Gasteiger partial charge is 0.116 e. The van der Waals surface area contributed by atoms with Crippen LogP contribution in [0.4, 0.5) is 0 Å². The van der Waals surface area contributed by atoms with Crippen LogP contribution >= 0.6 is 0 Å². The summed E-state index contributed by atoms with van der Waals surface area (Å²) in [7, 11) is 0. The lowest BCUT2D eigenvalue weighted by Gasteiger charge is -2.16. The molecule has 0 radical (unpaired) electrons. The molecule has 0 heterocycles. The second-order valence-corrected chi connectivity index (χ2v) is 4.40. The van der Waals surface area contributed by atoms with Crippen molar-refractivity contribution in [3.8, 4) is 0 Å². The Hall–Kier alpha value is -0.530. The van der Waals surface area contributed by atoms with Gasteiger partial charge in [0.2, 0.25) is 0 Å². The molecule has 0 atom stereocenters. The molecule has 0 aromatic heterocycles. The maximum Gasteiger partial charge on any atom is 0.116 e. The highest BCUT2D eigenvalue weighted by molar-refractivity contribution is 5.81. The van der Waals surface area contributed by atoms with Gasteiger partial charge in [-0.2, -0.15) is 0 Å². The fraction of sp³-hybridized carbons (Fsp3) is 0.900. The highest BCUT2D eigenvalue weighted by Crippen LogP contribution is 2.18. The lowest BCUT2D eigenvalue weighted by atomic mass is 9.90. The minimum Gasteiger partial charge on any atom is -0.396 e. The first kappa shape index (κ1) is 11.5. The average molecular weight is 171 g/mol. The van der Waals surface area contributed by atoms with Gasteiger partial charge in [0.25, 0.3) is 0 Å². The zero-order valence-corrected chi connectivity index (χ0v) is 8.98. The molecule has 0 N–H and O–H groups in total. The second kappa shape index (κ2) is 5.18. The zero-order valence-electron chi connectivity index (χ0n) is 8.98. The summed E-state index contributed by atoms with van der Waals surface area (Å²) < 4.78 is 0. The minimum atomic E-state index is 0.309. The maximum atomic E-state index is 5.08. The van der Waals surface area contributed by atoms with Gasteiger partial charge in [0.1, 0.15) is 6.61 Å². The topological polar surface area (TPSA) is 21.6 Å². The lowest BCUT2D eigenvalue weighted by Crippen LogP contribution is -2.10. The standard InChI is InChI=1S/C10H21NO/c1-6-7-12-11-9(2)8-10(3,4)5/h6-8H2,1-5H3/b11-9-. The van der Waals surface area contributed by atoms with Gasteiger partial charge in [-0.25, -0.2) is 0 Å². The highest BCUT2D eigenvalue weighted by Gasteiger charge is 2.11. The Morgan fingerprint density at radius 2 is 1.92 bits per heavy atom. The van der Waals surface area contributed by atoms with Crippen molar-refractivity contribution in [2.24, 2.45) is 10.6 Å². The van der Waals surface area contributed by atoms with Crippen molar-refractivity contribution in [1.82, 2.24) is 0 Å². The fourth-order valence-corrected chi connectivity index (χ4v) is 1.05. The Labute approximate surface area is 76.0 Å². The molecule has 0 saturated carbocycles. The molecule has 0 aromatic rings. The Morgan fingerprint density at radius 3 is 2.33 bits per heavy atom. The van der Waals surface area contributed by atoms with Crippen LogP contribution in [0.25, 0.3) is 0 Å². The fourth-order valence-electron chi connectivity index (χ4n) is 1.05. The van der Waals surface area contributed by atoms with Crippen molar-refractivity contribution in [2.45, 2.75) is 47.5 Å². The third kappa shape index (κ3) is 7.58. The molecule has 0 fully saturated rings. The van der Waals surface area contributed by atoms with Gasteiger partial charge in [-0.3, -0.25) is 0 Å². The van der Waals surface area contributed by atoms with E-state index in [9.17, 15) is 0 Å². The summed E-state index contributed by atoms with van der Waals surface area (Å²) in [6.45, 7) is 11.4. The molecule has 0 bridgehead atoms. The summed E-state index contributed by atoms with van der Waals surface area (Å²) in [4.78, 5) is 5.08. The third-order valence-electron chi connectivity index (χ3n) is 1.30. The van der Waals surface area contributed by atoms with E-state index in [-0.39, 0.29) is 0 Å². The van der Waals surface area contributed by atoms with Gasteiger partial charge in [-0.05, 0) is 25.2 Å². The van der Waals surface area contributed by atoms with Gasteiger partial charge in [-0.1, -0.05) is 32.9 Å². The molecule has 0 amide bonds. The molecule has 0 rings (SSSR count). The molecular formula is C10H21NO. The SMILES string of the molecule is CCCO/N=C(/C)CC(C)(C)C. The Kier molecular flexibility index (Phi) is 4.95.